The highest BCUT2D eigenvalue weighted by atomic mass is 32.3. The van der Waals surface area contributed by atoms with Gasteiger partial charge < -0.3 is 5.32 Å². The van der Waals surface area contributed by atoms with Crippen LogP contribution in [0.4, 0.5) is 9.57 Å². The molecule has 1 N–H and O–H groups in total. The Morgan fingerprint density at radius 1 is 1.44 bits per heavy atom. The van der Waals surface area contributed by atoms with Crippen LogP contribution in [0.3, 0.4) is 0 Å². The molecule has 0 aliphatic carbocycles. The molecule has 0 aromatic heterocycles. The fraction of sp³-hybridized carbons (Fsp3) is 0.300. The van der Waals surface area contributed by atoms with Crippen LogP contribution in [0.5, 0.6) is 0 Å². The van der Waals surface area contributed by atoms with E-state index in [4.69, 9.17) is 0 Å². The molecule has 0 spiro atoms. The van der Waals surface area contributed by atoms with Gasteiger partial charge in [0.15, 0.2) is 0 Å². The summed E-state index contributed by atoms with van der Waals surface area (Å²) in [6.07, 6.45) is 0.0895. The van der Waals surface area contributed by atoms with Crippen LogP contribution in [0.1, 0.15) is 12.5 Å². The maximum absolute atomic E-state index is 12.3. The van der Waals surface area contributed by atoms with Crippen molar-refractivity contribution in [1.82, 2.24) is 0 Å². The number of benzene rings is 1. The van der Waals surface area contributed by atoms with E-state index in [1.807, 2.05) is 0 Å². The normalized spacial score (nSPS) is 11.1. The minimum Gasteiger partial charge on any atom is -0.326 e. The van der Waals surface area contributed by atoms with E-state index in [0.29, 0.717) is 11.3 Å². The van der Waals surface area contributed by atoms with Gasteiger partial charge in [-0.25, -0.2) is 0 Å². The number of hydrogen-bond acceptors (Lipinski definition) is 3. The summed E-state index contributed by atoms with van der Waals surface area (Å²) in [4.78, 5) is 10.8. The van der Waals surface area contributed by atoms with Crippen molar-refractivity contribution in [2.24, 2.45) is 0 Å². The van der Waals surface area contributed by atoms with Crippen molar-refractivity contribution < 1.29 is 17.1 Å². The third kappa shape index (κ3) is 4.88. The van der Waals surface area contributed by atoms with Crippen LogP contribution in [0.2, 0.25) is 0 Å². The number of hydrogen-bond donors (Lipinski definition) is 1. The average Bonchev–Trinajstić information content (AvgIpc) is 2.13. The highest BCUT2D eigenvalue weighted by Gasteiger charge is 2.07. The zero-order valence-electron chi connectivity index (χ0n) is 8.73. The zero-order valence-corrected chi connectivity index (χ0v) is 9.55. The molecule has 0 radical (unpaired) electrons. The molecule has 16 heavy (non-hydrogen) atoms. The molecule has 4 nitrogen and oxygen atoms in total. The monoisotopic (exact) mass is 245 g/mol. The molecule has 1 aromatic rings. The Hall–Kier alpha value is -1.43. The Morgan fingerprint density at radius 2 is 2.12 bits per heavy atom. The molecular formula is C10H12FNO3S. The van der Waals surface area contributed by atoms with E-state index in [-0.39, 0.29) is 12.3 Å². The molecule has 0 saturated heterocycles. The molecule has 0 atom stereocenters. The van der Waals surface area contributed by atoms with Gasteiger partial charge in [-0.15, -0.1) is 3.89 Å². The fourth-order valence-corrected chi connectivity index (χ4v) is 1.73. The molecule has 6 heteroatoms. The Labute approximate surface area is 93.7 Å². The van der Waals surface area contributed by atoms with E-state index < -0.39 is 16.0 Å². The number of halogens is 1. The topological polar surface area (TPSA) is 63.2 Å². The Bertz CT molecular complexity index is 485. The minimum atomic E-state index is -4.45. The predicted molar refractivity (Wildman–Crippen MR) is 59.3 cm³/mol. The van der Waals surface area contributed by atoms with E-state index in [0.717, 1.165) is 0 Å². The first-order valence-electron chi connectivity index (χ1n) is 4.66. The van der Waals surface area contributed by atoms with Crippen LogP contribution in [0.15, 0.2) is 24.3 Å². The van der Waals surface area contributed by atoms with Gasteiger partial charge in [-0.3, -0.25) is 4.79 Å². The predicted octanol–water partition coefficient (Wildman–Crippen LogP) is 1.49. The first-order valence-corrected chi connectivity index (χ1v) is 6.21. The molecule has 0 saturated carbocycles. The number of amides is 1. The Balaban J connectivity index is 2.71. The first kappa shape index (κ1) is 12.6. The second-order valence-corrected chi connectivity index (χ2v) is 4.86. The molecule has 1 rings (SSSR count). The van der Waals surface area contributed by atoms with Gasteiger partial charge in [-0.2, -0.15) is 8.42 Å². The number of nitrogens with one attached hydrogen (secondary N) is 1. The summed E-state index contributed by atoms with van der Waals surface area (Å²) >= 11 is 0. The molecule has 0 heterocycles. The fourth-order valence-electron chi connectivity index (χ4n) is 1.25. The van der Waals surface area contributed by atoms with Gasteiger partial charge >= 0.3 is 10.2 Å². The molecule has 1 aromatic carbocycles. The van der Waals surface area contributed by atoms with E-state index in [2.05, 4.69) is 5.32 Å². The van der Waals surface area contributed by atoms with Crippen molar-refractivity contribution in [1.29, 1.82) is 0 Å². The highest BCUT2D eigenvalue weighted by Crippen LogP contribution is 2.12. The minimum absolute atomic E-state index is 0.0895. The van der Waals surface area contributed by atoms with Crippen LogP contribution in [0, 0.1) is 0 Å². The summed E-state index contributed by atoms with van der Waals surface area (Å²) in [5, 5.41) is 2.56. The lowest BCUT2D eigenvalue weighted by atomic mass is 10.1. The summed E-state index contributed by atoms with van der Waals surface area (Å²) in [6.45, 7) is 1.37. The van der Waals surface area contributed by atoms with Gasteiger partial charge in [0.1, 0.15) is 0 Å². The second kappa shape index (κ2) is 5.07. The first-order chi connectivity index (χ1) is 7.37. The molecule has 0 bridgehead atoms. The van der Waals surface area contributed by atoms with Crippen molar-refractivity contribution in [3.8, 4) is 0 Å². The molecule has 1 amide bonds. The van der Waals surface area contributed by atoms with Crippen molar-refractivity contribution >= 4 is 21.8 Å². The van der Waals surface area contributed by atoms with Crippen LogP contribution in [-0.4, -0.2) is 20.1 Å². The third-order valence-corrected chi connectivity index (χ3v) is 2.57. The third-order valence-electron chi connectivity index (χ3n) is 1.88. The summed E-state index contributed by atoms with van der Waals surface area (Å²) in [6, 6.07) is 6.64. The van der Waals surface area contributed by atoms with Crippen molar-refractivity contribution in [3.63, 3.8) is 0 Å². The number of aryl methyl sites for hydroxylation is 1. The van der Waals surface area contributed by atoms with E-state index >= 15 is 0 Å². The van der Waals surface area contributed by atoms with Crippen molar-refractivity contribution in [2.75, 3.05) is 11.1 Å². The molecule has 0 aliphatic heterocycles. The highest BCUT2D eigenvalue weighted by molar-refractivity contribution is 7.86. The lowest BCUT2D eigenvalue weighted by Gasteiger charge is -2.04. The van der Waals surface area contributed by atoms with Crippen LogP contribution >= 0.6 is 0 Å². The van der Waals surface area contributed by atoms with E-state index in [1.54, 1.807) is 24.3 Å². The SMILES string of the molecule is CC(=O)Nc1cccc(CCS(=O)(=O)F)c1. The van der Waals surface area contributed by atoms with Gasteiger partial charge in [0.2, 0.25) is 5.91 Å². The maximum Gasteiger partial charge on any atom is 0.302 e. The summed E-state index contributed by atoms with van der Waals surface area (Å²) in [7, 11) is -4.45. The second-order valence-electron chi connectivity index (χ2n) is 3.37. The number of anilines is 1. The van der Waals surface area contributed by atoms with Gasteiger partial charge in [-0.05, 0) is 24.1 Å². The zero-order chi connectivity index (χ0) is 12.2. The molecule has 0 fully saturated rings. The quantitative estimate of drug-likeness (QED) is 0.817. The van der Waals surface area contributed by atoms with Crippen molar-refractivity contribution in [3.05, 3.63) is 29.8 Å². The summed E-state index contributed by atoms with van der Waals surface area (Å²) < 4.78 is 32.9. The van der Waals surface area contributed by atoms with Crippen LogP contribution in [-0.2, 0) is 21.4 Å². The Kier molecular flexibility index (Phi) is 4.00. The van der Waals surface area contributed by atoms with Crippen LogP contribution in [0.25, 0.3) is 0 Å². The summed E-state index contributed by atoms with van der Waals surface area (Å²) in [5.41, 5.74) is 1.23. The number of carbonyl (C=O) groups is 1. The van der Waals surface area contributed by atoms with Gasteiger partial charge in [0.25, 0.3) is 0 Å². The molecular weight excluding hydrogens is 233 g/mol. The number of rotatable bonds is 4. The maximum atomic E-state index is 12.3. The molecule has 0 aliphatic rings. The Morgan fingerprint density at radius 3 is 2.69 bits per heavy atom. The smallest absolute Gasteiger partial charge is 0.302 e. The lowest BCUT2D eigenvalue weighted by Crippen LogP contribution is -2.07. The van der Waals surface area contributed by atoms with Gasteiger partial charge in [0.05, 0.1) is 5.75 Å². The molecule has 88 valence electrons. The van der Waals surface area contributed by atoms with E-state index in [1.165, 1.54) is 6.92 Å². The van der Waals surface area contributed by atoms with Crippen LogP contribution < -0.4 is 5.32 Å². The van der Waals surface area contributed by atoms with Crippen molar-refractivity contribution in [2.45, 2.75) is 13.3 Å². The molecule has 0 unspecified atom stereocenters. The average molecular weight is 245 g/mol. The van der Waals surface area contributed by atoms with Gasteiger partial charge in [-0.1, -0.05) is 12.1 Å². The summed E-state index contributed by atoms with van der Waals surface area (Å²) in [5.74, 6) is -0.758. The number of carbonyl (C=O) groups excluding carboxylic acids is 1. The standard InChI is InChI=1S/C10H12FNO3S/c1-8(13)12-10-4-2-3-9(7-10)5-6-16(11,14)15/h2-4,7H,5-6H2,1H3,(H,12,13). The van der Waals surface area contributed by atoms with Gasteiger partial charge in [0, 0.05) is 12.6 Å². The lowest BCUT2D eigenvalue weighted by molar-refractivity contribution is -0.114. The van der Waals surface area contributed by atoms with E-state index in [9.17, 15) is 17.1 Å². The largest absolute Gasteiger partial charge is 0.326 e.